The van der Waals surface area contributed by atoms with Gasteiger partial charge in [0.15, 0.2) is 0 Å². The van der Waals surface area contributed by atoms with Crippen LogP contribution in [0.3, 0.4) is 0 Å². The van der Waals surface area contributed by atoms with E-state index in [9.17, 15) is 13.2 Å². The van der Waals surface area contributed by atoms with Crippen LogP contribution in [0.4, 0.5) is 5.69 Å². The minimum absolute atomic E-state index is 0.172. The molecule has 0 aliphatic rings. The molecule has 1 N–H and O–H groups in total. The van der Waals surface area contributed by atoms with Crippen molar-refractivity contribution in [2.75, 3.05) is 23.7 Å². The first kappa shape index (κ1) is 20.0. The normalized spacial score (nSPS) is 11.0. The van der Waals surface area contributed by atoms with Crippen LogP contribution in [0, 0.1) is 0 Å². The quantitative estimate of drug-likeness (QED) is 0.701. The largest absolute Gasteiger partial charge is 0.352 e. The molecule has 0 spiro atoms. The van der Waals surface area contributed by atoms with Crippen LogP contribution in [0.5, 0.6) is 0 Å². The Kier molecular flexibility index (Phi) is 6.83. The van der Waals surface area contributed by atoms with Gasteiger partial charge >= 0.3 is 0 Å². The Morgan fingerprint density at radius 2 is 1.77 bits per heavy atom. The van der Waals surface area contributed by atoms with E-state index in [1.807, 2.05) is 24.3 Å². The van der Waals surface area contributed by atoms with Crippen LogP contribution in [0.25, 0.3) is 0 Å². The number of anilines is 1. The molecule has 0 aliphatic heterocycles. The first-order valence-corrected chi connectivity index (χ1v) is 10.2. The fourth-order valence-corrected chi connectivity index (χ4v) is 3.41. The number of nitrogens with zero attached hydrogens (tertiary/aromatic N) is 1. The molecular formula is C19H21ClN2O3S. The predicted molar refractivity (Wildman–Crippen MR) is 106 cm³/mol. The number of benzene rings is 2. The van der Waals surface area contributed by atoms with Gasteiger partial charge in [-0.25, -0.2) is 8.42 Å². The van der Waals surface area contributed by atoms with Crippen LogP contribution in [-0.2, 0) is 16.4 Å². The highest BCUT2D eigenvalue weighted by molar-refractivity contribution is 7.92. The summed E-state index contributed by atoms with van der Waals surface area (Å²) in [4.78, 5) is 12.2. The molecule has 5 nitrogen and oxygen atoms in total. The fourth-order valence-electron chi connectivity index (χ4n) is 2.40. The summed E-state index contributed by atoms with van der Waals surface area (Å²) in [5.41, 5.74) is 2.04. The Balaban J connectivity index is 1.97. The topological polar surface area (TPSA) is 66.5 Å². The predicted octanol–water partition coefficient (Wildman–Crippen LogP) is 3.26. The van der Waals surface area contributed by atoms with Gasteiger partial charge in [-0.3, -0.25) is 9.10 Å². The summed E-state index contributed by atoms with van der Waals surface area (Å²) in [5, 5.41) is 3.52. The van der Waals surface area contributed by atoms with Crippen LogP contribution in [-0.4, -0.2) is 33.7 Å². The summed E-state index contributed by atoms with van der Waals surface area (Å²) < 4.78 is 24.9. The lowest BCUT2D eigenvalue weighted by molar-refractivity contribution is 0.0954. The summed E-state index contributed by atoms with van der Waals surface area (Å²) in [6, 6.07) is 13.9. The minimum atomic E-state index is -3.41. The number of nitrogens with one attached hydrogen (secondary N) is 1. The number of hydrogen-bond donors (Lipinski definition) is 1. The summed E-state index contributed by atoms with van der Waals surface area (Å²) >= 11 is 5.84. The monoisotopic (exact) mass is 392 g/mol. The summed E-state index contributed by atoms with van der Waals surface area (Å²) in [6.45, 7) is 4.24. The van der Waals surface area contributed by atoms with Crippen molar-refractivity contribution >= 4 is 33.2 Å². The van der Waals surface area contributed by atoms with E-state index in [1.54, 1.807) is 24.3 Å². The Bertz CT molecular complexity index is 863. The Labute approximate surface area is 159 Å². The van der Waals surface area contributed by atoms with Gasteiger partial charge in [-0.05, 0) is 48.4 Å². The standard InChI is InChI=1S/C19H21ClN2O3S/c1-3-14-22(26(2,24)25)18-10-6-16(7-11-18)19(23)21-13-12-15-4-8-17(20)9-5-15/h3-11H,1,12-14H2,2H3,(H,21,23). The maximum atomic E-state index is 12.2. The average Bonchev–Trinajstić information content (AvgIpc) is 2.60. The summed E-state index contributed by atoms with van der Waals surface area (Å²) in [5.74, 6) is -0.208. The second-order valence-corrected chi connectivity index (χ2v) is 8.11. The van der Waals surface area contributed by atoms with Gasteiger partial charge < -0.3 is 5.32 Å². The second-order valence-electron chi connectivity index (χ2n) is 5.76. The van der Waals surface area contributed by atoms with Crippen molar-refractivity contribution in [1.29, 1.82) is 0 Å². The molecule has 138 valence electrons. The molecule has 0 fully saturated rings. The molecule has 0 unspecified atom stereocenters. The molecule has 7 heteroatoms. The summed E-state index contributed by atoms with van der Waals surface area (Å²) in [7, 11) is -3.41. The number of amides is 1. The highest BCUT2D eigenvalue weighted by Gasteiger charge is 2.16. The lowest BCUT2D eigenvalue weighted by atomic mass is 10.1. The molecule has 0 aromatic heterocycles. The molecule has 0 radical (unpaired) electrons. The number of carbonyl (C=O) groups is 1. The van der Waals surface area contributed by atoms with Gasteiger partial charge in [0.05, 0.1) is 18.5 Å². The van der Waals surface area contributed by atoms with Crippen LogP contribution < -0.4 is 9.62 Å². The molecule has 1 amide bonds. The Morgan fingerprint density at radius 1 is 1.15 bits per heavy atom. The van der Waals surface area contributed by atoms with Gasteiger partial charge in [-0.15, -0.1) is 6.58 Å². The lowest BCUT2D eigenvalue weighted by Gasteiger charge is -2.20. The lowest BCUT2D eigenvalue weighted by Crippen LogP contribution is -2.30. The second kappa shape index (κ2) is 8.87. The van der Waals surface area contributed by atoms with E-state index in [1.165, 1.54) is 10.4 Å². The molecule has 0 aliphatic carbocycles. The highest BCUT2D eigenvalue weighted by Crippen LogP contribution is 2.18. The smallest absolute Gasteiger partial charge is 0.251 e. The zero-order chi connectivity index (χ0) is 19.2. The Morgan fingerprint density at radius 3 is 2.31 bits per heavy atom. The van der Waals surface area contributed by atoms with Gasteiger partial charge in [0.2, 0.25) is 10.0 Å². The van der Waals surface area contributed by atoms with E-state index >= 15 is 0 Å². The first-order valence-electron chi connectivity index (χ1n) is 8.02. The number of sulfonamides is 1. The zero-order valence-electron chi connectivity index (χ0n) is 14.5. The van der Waals surface area contributed by atoms with E-state index in [2.05, 4.69) is 11.9 Å². The highest BCUT2D eigenvalue weighted by atomic mass is 35.5. The molecule has 26 heavy (non-hydrogen) atoms. The number of carbonyl (C=O) groups excluding carboxylic acids is 1. The van der Waals surface area contributed by atoms with Crippen LogP contribution in [0.15, 0.2) is 61.2 Å². The maximum Gasteiger partial charge on any atom is 0.251 e. The van der Waals surface area contributed by atoms with E-state index in [4.69, 9.17) is 11.6 Å². The van der Waals surface area contributed by atoms with Gasteiger partial charge in [-0.1, -0.05) is 29.8 Å². The average molecular weight is 393 g/mol. The van der Waals surface area contributed by atoms with Gasteiger partial charge in [0, 0.05) is 17.1 Å². The minimum Gasteiger partial charge on any atom is -0.352 e. The van der Waals surface area contributed by atoms with E-state index in [0.717, 1.165) is 11.8 Å². The van der Waals surface area contributed by atoms with Crippen molar-refractivity contribution < 1.29 is 13.2 Å². The molecule has 0 saturated carbocycles. The third-order valence-corrected chi connectivity index (χ3v) is 5.14. The van der Waals surface area contributed by atoms with Crippen molar-refractivity contribution in [1.82, 2.24) is 5.32 Å². The molecule has 0 saturated heterocycles. The van der Waals surface area contributed by atoms with Crippen molar-refractivity contribution in [2.24, 2.45) is 0 Å². The zero-order valence-corrected chi connectivity index (χ0v) is 16.1. The maximum absolute atomic E-state index is 12.2. The van der Waals surface area contributed by atoms with Crippen molar-refractivity contribution in [3.63, 3.8) is 0 Å². The Hall–Kier alpha value is -2.31. The van der Waals surface area contributed by atoms with Gasteiger partial charge in [0.25, 0.3) is 5.91 Å². The van der Waals surface area contributed by atoms with E-state index in [0.29, 0.717) is 29.2 Å². The van der Waals surface area contributed by atoms with Crippen LogP contribution in [0.1, 0.15) is 15.9 Å². The van der Waals surface area contributed by atoms with Crippen molar-refractivity contribution in [3.8, 4) is 0 Å². The van der Waals surface area contributed by atoms with Crippen LogP contribution in [0.2, 0.25) is 5.02 Å². The SMILES string of the molecule is C=CCN(c1ccc(C(=O)NCCc2ccc(Cl)cc2)cc1)S(C)(=O)=O. The summed E-state index contributed by atoms with van der Waals surface area (Å²) in [6.07, 6.45) is 3.34. The third kappa shape index (κ3) is 5.61. The molecule has 0 heterocycles. The third-order valence-electron chi connectivity index (χ3n) is 3.73. The van der Waals surface area contributed by atoms with Gasteiger partial charge in [0.1, 0.15) is 0 Å². The molecule has 2 aromatic carbocycles. The molecule has 0 atom stereocenters. The van der Waals surface area contributed by atoms with Crippen LogP contribution >= 0.6 is 11.6 Å². The molecule has 2 aromatic rings. The molecule has 0 bridgehead atoms. The number of hydrogen-bond acceptors (Lipinski definition) is 3. The van der Waals surface area contributed by atoms with Crippen molar-refractivity contribution in [3.05, 3.63) is 77.3 Å². The van der Waals surface area contributed by atoms with E-state index < -0.39 is 10.0 Å². The number of rotatable bonds is 8. The van der Waals surface area contributed by atoms with Gasteiger partial charge in [-0.2, -0.15) is 0 Å². The molecule has 2 rings (SSSR count). The van der Waals surface area contributed by atoms with Crippen molar-refractivity contribution in [2.45, 2.75) is 6.42 Å². The number of halogens is 1. The first-order chi connectivity index (χ1) is 12.3. The fraction of sp³-hybridized carbons (Fsp3) is 0.211. The molecular weight excluding hydrogens is 372 g/mol. The van der Waals surface area contributed by atoms with E-state index in [-0.39, 0.29) is 12.5 Å².